The van der Waals surface area contributed by atoms with Gasteiger partial charge in [0, 0.05) is 10.5 Å². The van der Waals surface area contributed by atoms with Crippen LogP contribution in [-0.2, 0) is 0 Å². The number of rotatable bonds is 6. The molecule has 0 heterocycles. The van der Waals surface area contributed by atoms with Crippen molar-refractivity contribution in [2.24, 2.45) is 0 Å². The summed E-state index contributed by atoms with van der Waals surface area (Å²) in [6.45, 7) is 2.01. The van der Waals surface area contributed by atoms with E-state index in [4.69, 9.17) is 9.47 Å². The minimum atomic E-state index is 0.120. The summed E-state index contributed by atoms with van der Waals surface area (Å²) in [4.78, 5) is 13.1. The monoisotopic (exact) mass is 302 g/mol. The van der Waals surface area contributed by atoms with Crippen LogP contribution in [0.15, 0.2) is 47.4 Å². The SMILES string of the molecule is COc1ccc(SCC(=O)c2ccc(C)cc2)cc1OC. The van der Waals surface area contributed by atoms with E-state index in [9.17, 15) is 4.79 Å². The first kappa shape index (κ1) is 15.4. The van der Waals surface area contributed by atoms with Crippen molar-refractivity contribution in [3.05, 3.63) is 53.6 Å². The summed E-state index contributed by atoms with van der Waals surface area (Å²) < 4.78 is 10.5. The van der Waals surface area contributed by atoms with Gasteiger partial charge in [0.05, 0.1) is 20.0 Å². The zero-order valence-electron chi connectivity index (χ0n) is 12.4. The van der Waals surface area contributed by atoms with Crippen LogP contribution < -0.4 is 9.47 Å². The highest BCUT2D eigenvalue weighted by molar-refractivity contribution is 8.00. The number of ether oxygens (including phenoxy) is 2. The summed E-state index contributed by atoms with van der Waals surface area (Å²) >= 11 is 1.49. The van der Waals surface area contributed by atoms with Gasteiger partial charge in [0.1, 0.15) is 0 Å². The molecule has 0 N–H and O–H groups in total. The van der Waals surface area contributed by atoms with Crippen molar-refractivity contribution in [2.45, 2.75) is 11.8 Å². The zero-order chi connectivity index (χ0) is 15.2. The molecule has 4 heteroatoms. The average molecular weight is 302 g/mol. The van der Waals surface area contributed by atoms with Gasteiger partial charge in [0.2, 0.25) is 0 Å². The number of benzene rings is 2. The van der Waals surface area contributed by atoms with Crippen molar-refractivity contribution < 1.29 is 14.3 Å². The maximum atomic E-state index is 12.1. The fraction of sp³-hybridized carbons (Fsp3) is 0.235. The van der Waals surface area contributed by atoms with Gasteiger partial charge in [-0.15, -0.1) is 11.8 Å². The topological polar surface area (TPSA) is 35.5 Å². The Morgan fingerprint density at radius 1 is 1.00 bits per heavy atom. The number of Topliss-reactive ketones (excluding diaryl/α,β-unsaturated/α-hetero) is 1. The number of methoxy groups -OCH3 is 2. The van der Waals surface area contributed by atoms with Crippen LogP contribution >= 0.6 is 11.8 Å². The van der Waals surface area contributed by atoms with E-state index in [0.29, 0.717) is 17.3 Å². The van der Waals surface area contributed by atoms with E-state index in [2.05, 4.69) is 0 Å². The molecule has 0 aromatic heterocycles. The van der Waals surface area contributed by atoms with E-state index in [1.165, 1.54) is 11.8 Å². The third-order valence-electron chi connectivity index (χ3n) is 3.10. The highest BCUT2D eigenvalue weighted by Gasteiger charge is 2.09. The lowest BCUT2D eigenvalue weighted by Gasteiger charge is -2.09. The lowest BCUT2D eigenvalue weighted by molar-refractivity contribution is 0.102. The molecule has 21 heavy (non-hydrogen) atoms. The van der Waals surface area contributed by atoms with Crippen LogP contribution in [0.25, 0.3) is 0 Å². The van der Waals surface area contributed by atoms with Crippen LogP contribution in [0.3, 0.4) is 0 Å². The predicted octanol–water partition coefficient (Wildman–Crippen LogP) is 3.99. The summed E-state index contributed by atoms with van der Waals surface area (Å²) in [5.41, 5.74) is 1.90. The molecule has 0 aliphatic rings. The van der Waals surface area contributed by atoms with Crippen molar-refractivity contribution in [3.8, 4) is 11.5 Å². The van der Waals surface area contributed by atoms with Gasteiger partial charge in [-0.3, -0.25) is 4.79 Å². The standard InChI is InChI=1S/C17H18O3S/c1-12-4-6-13(7-5-12)15(18)11-21-14-8-9-16(19-2)17(10-14)20-3/h4-10H,11H2,1-3H3. The van der Waals surface area contributed by atoms with Gasteiger partial charge >= 0.3 is 0 Å². The Morgan fingerprint density at radius 3 is 2.29 bits per heavy atom. The fourth-order valence-electron chi connectivity index (χ4n) is 1.88. The van der Waals surface area contributed by atoms with Crippen molar-refractivity contribution >= 4 is 17.5 Å². The molecule has 0 aliphatic carbocycles. The maximum absolute atomic E-state index is 12.1. The second-order valence-electron chi connectivity index (χ2n) is 4.59. The fourth-order valence-corrected chi connectivity index (χ4v) is 2.70. The first-order chi connectivity index (χ1) is 10.1. The van der Waals surface area contributed by atoms with Crippen LogP contribution in [0.2, 0.25) is 0 Å². The Balaban J connectivity index is 2.02. The summed E-state index contributed by atoms with van der Waals surface area (Å²) in [6, 6.07) is 13.3. The highest BCUT2D eigenvalue weighted by Crippen LogP contribution is 2.32. The van der Waals surface area contributed by atoms with Crippen molar-refractivity contribution in [1.82, 2.24) is 0 Å². The lowest BCUT2D eigenvalue weighted by Crippen LogP contribution is -2.02. The van der Waals surface area contributed by atoms with Crippen molar-refractivity contribution in [1.29, 1.82) is 0 Å². The van der Waals surface area contributed by atoms with E-state index in [0.717, 1.165) is 16.0 Å². The second kappa shape index (κ2) is 7.18. The first-order valence-electron chi connectivity index (χ1n) is 6.58. The molecule has 0 fully saturated rings. The number of ketones is 1. The minimum Gasteiger partial charge on any atom is -0.493 e. The number of aryl methyl sites for hydroxylation is 1. The van der Waals surface area contributed by atoms with E-state index in [-0.39, 0.29) is 5.78 Å². The summed E-state index contributed by atoms with van der Waals surface area (Å²) in [7, 11) is 3.20. The third-order valence-corrected chi connectivity index (χ3v) is 4.09. The summed E-state index contributed by atoms with van der Waals surface area (Å²) in [6.07, 6.45) is 0. The molecule has 0 bridgehead atoms. The van der Waals surface area contributed by atoms with Gasteiger partial charge in [-0.25, -0.2) is 0 Å². The van der Waals surface area contributed by atoms with Crippen molar-refractivity contribution in [3.63, 3.8) is 0 Å². The van der Waals surface area contributed by atoms with E-state index in [1.54, 1.807) is 14.2 Å². The zero-order valence-corrected chi connectivity index (χ0v) is 13.2. The molecule has 2 rings (SSSR count). The molecule has 2 aromatic carbocycles. The largest absolute Gasteiger partial charge is 0.493 e. The molecule has 0 aliphatic heterocycles. The number of thioether (sulfide) groups is 1. The molecule has 0 saturated heterocycles. The maximum Gasteiger partial charge on any atom is 0.173 e. The van der Waals surface area contributed by atoms with E-state index >= 15 is 0 Å². The van der Waals surface area contributed by atoms with E-state index in [1.807, 2.05) is 49.4 Å². The highest BCUT2D eigenvalue weighted by atomic mass is 32.2. The molecule has 110 valence electrons. The molecule has 0 amide bonds. The number of carbonyl (C=O) groups is 1. The number of hydrogen-bond acceptors (Lipinski definition) is 4. The van der Waals surface area contributed by atoms with Gasteiger partial charge in [-0.1, -0.05) is 29.8 Å². The average Bonchev–Trinajstić information content (AvgIpc) is 2.52. The van der Waals surface area contributed by atoms with Crippen LogP contribution in [0, 0.1) is 6.92 Å². The minimum absolute atomic E-state index is 0.120. The molecule has 0 radical (unpaired) electrons. The van der Waals surface area contributed by atoms with Gasteiger partial charge in [-0.2, -0.15) is 0 Å². The number of carbonyl (C=O) groups excluding carboxylic acids is 1. The first-order valence-corrected chi connectivity index (χ1v) is 7.57. The van der Waals surface area contributed by atoms with Gasteiger partial charge < -0.3 is 9.47 Å². The lowest BCUT2D eigenvalue weighted by atomic mass is 10.1. The Labute approximate surface area is 129 Å². The summed E-state index contributed by atoms with van der Waals surface area (Å²) in [5.74, 6) is 1.88. The molecule has 0 atom stereocenters. The van der Waals surface area contributed by atoms with Crippen LogP contribution in [-0.4, -0.2) is 25.8 Å². The Bertz CT molecular complexity index is 620. The molecule has 0 unspecified atom stereocenters. The molecular formula is C17H18O3S. The summed E-state index contributed by atoms with van der Waals surface area (Å²) in [5, 5.41) is 0. The quantitative estimate of drug-likeness (QED) is 0.597. The van der Waals surface area contributed by atoms with Crippen LogP contribution in [0.1, 0.15) is 15.9 Å². The van der Waals surface area contributed by atoms with E-state index < -0.39 is 0 Å². The number of hydrogen-bond donors (Lipinski definition) is 0. The van der Waals surface area contributed by atoms with Crippen LogP contribution in [0.4, 0.5) is 0 Å². The Morgan fingerprint density at radius 2 is 1.67 bits per heavy atom. The Hall–Kier alpha value is -1.94. The molecule has 0 spiro atoms. The smallest absolute Gasteiger partial charge is 0.173 e. The van der Waals surface area contributed by atoms with Gasteiger partial charge in [-0.05, 0) is 25.1 Å². The van der Waals surface area contributed by atoms with Gasteiger partial charge in [0.15, 0.2) is 17.3 Å². The van der Waals surface area contributed by atoms with Gasteiger partial charge in [0.25, 0.3) is 0 Å². The molecular weight excluding hydrogens is 284 g/mol. The normalized spacial score (nSPS) is 10.2. The molecule has 0 saturated carbocycles. The molecule has 3 nitrogen and oxygen atoms in total. The second-order valence-corrected chi connectivity index (χ2v) is 5.64. The van der Waals surface area contributed by atoms with Crippen molar-refractivity contribution in [2.75, 3.05) is 20.0 Å². The predicted molar refractivity (Wildman–Crippen MR) is 85.8 cm³/mol. The molecule has 2 aromatic rings. The third kappa shape index (κ3) is 4.02. The Kier molecular flexibility index (Phi) is 5.28. The van der Waals surface area contributed by atoms with Crippen LogP contribution in [0.5, 0.6) is 11.5 Å².